The van der Waals surface area contributed by atoms with E-state index < -0.39 is 5.91 Å². The minimum absolute atomic E-state index is 0.111. The van der Waals surface area contributed by atoms with Gasteiger partial charge in [-0.15, -0.1) is 0 Å². The molecule has 0 saturated carbocycles. The molecule has 6 nitrogen and oxygen atoms in total. The van der Waals surface area contributed by atoms with Crippen molar-refractivity contribution in [2.24, 2.45) is 0 Å². The molecule has 2 amide bonds. The standard InChI is InChI=1S/C17H32N2O4S3/c1-14(20)12-23-13-16(22)18-11-15(21)19-17(5-2-8-24,6-3-9-25)7-4-10-26/h24-26H,2-13H2,1H3,(H,18,22)(H,19,21). The maximum absolute atomic E-state index is 12.4. The van der Waals surface area contributed by atoms with E-state index in [4.69, 9.17) is 4.74 Å². The van der Waals surface area contributed by atoms with Crippen LogP contribution < -0.4 is 10.6 Å². The van der Waals surface area contributed by atoms with E-state index in [2.05, 4.69) is 48.5 Å². The number of hydrogen-bond donors (Lipinski definition) is 5. The molecule has 0 fully saturated rings. The Morgan fingerprint density at radius 2 is 1.35 bits per heavy atom. The first-order chi connectivity index (χ1) is 12.4. The van der Waals surface area contributed by atoms with Gasteiger partial charge in [0.25, 0.3) is 0 Å². The first-order valence-corrected chi connectivity index (χ1v) is 10.8. The Morgan fingerprint density at radius 1 is 0.846 bits per heavy atom. The van der Waals surface area contributed by atoms with Gasteiger partial charge in [0.15, 0.2) is 5.78 Å². The first-order valence-electron chi connectivity index (χ1n) is 8.86. The molecule has 0 bridgehead atoms. The van der Waals surface area contributed by atoms with Crippen LogP contribution in [0.3, 0.4) is 0 Å². The van der Waals surface area contributed by atoms with Crippen molar-refractivity contribution in [3.63, 3.8) is 0 Å². The van der Waals surface area contributed by atoms with Gasteiger partial charge in [0.05, 0.1) is 6.54 Å². The average Bonchev–Trinajstić information content (AvgIpc) is 2.60. The molecule has 0 aromatic rings. The molecule has 2 N–H and O–H groups in total. The van der Waals surface area contributed by atoms with Gasteiger partial charge in [0.1, 0.15) is 13.2 Å². The predicted octanol–water partition coefficient (Wildman–Crippen LogP) is 1.69. The molecule has 9 heteroatoms. The summed E-state index contributed by atoms with van der Waals surface area (Å²) in [6.45, 7) is 0.912. The van der Waals surface area contributed by atoms with Crippen LogP contribution in [0.2, 0.25) is 0 Å². The van der Waals surface area contributed by atoms with E-state index in [1.165, 1.54) is 6.92 Å². The van der Waals surface area contributed by atoms with Gasteiger partial charge in [-0.1, -0.05) is 0 Å². The Kier molecular flexibility index (Phi) is 15.4. The van der Waals surface area contributed by atoms with E-state index in [0.717, 1.165) is 55.8 Å². The number of ether oxygens (including phenoxy) is 1. The van der Waals surface area contributed by atoms with Crippen LogP contribution in [0, 0.1) is 0 Å². The number of hydrogen-bond acceptors (Lipinski definition) is 7. The van der Waals surface area contributed by atoms with Crippen molar-refractivity contribution in [2.75, 3.05) is 37.0 Å². The van der Waals surface area contributed by atoms with E-state index in [1.807, 2.05) is 0 Å². The van der Waals surface area contributed by atoms with E-state index in [1.54, 1.807) is 0 Å². The lowest BCUT2D eigenvalue weighted by Crippen LogP contribution is -2.52. The molecule has 0 atom stereocenters. The molecule has 0 rings (SSSR count). The Bertz CT molecular complexity index is 414. The summed E-state index contributed by atoms with van der Waals surface area (Å²) in [6.07, 6.45) is 5.19. The van der Waals surface area contributed by atoms with Gasteiger partial charge in [-0.3, -0.25) is 14.4 Å². The van der Waals surface area contributed by atoms with Crippen molar-refractivity contribution in [2.45, 2.75) is 51.0 Å². The molecule has 0 radical (unpaired) electrons. The Morgan fingerprint density at radius 3 is 1.77 bits per heavy atom. The van der Waals surface area contributed by atoms with Gasteiger partial charge in [-0.05, 0) is 62.7 Å². The molecular weight excluding hydrogens is 392 g/mol. The summed E-state index contributed by atoms with van der Waals surface area (Å²) in [5, 5.41) is 5.63. The van der Waals surface area contributed by atoms with Crippen molar-refractivity contribution >= 4 is 55.5 Å². The summed E-state index contributed by atoms with van der Waals surface area (Å²) in [7, 11) is 0. The second-order valence-electron chi connectivity index (χ2n) is 6.28. The first kappa shape index (κ1) is 25.6. The summed E-state index contributed by atoms with van der Waals surface area (Å²) in [4.78, 5) is 34.8. The van der Waals surface area contributed by atoms with E-state index in [9.17, 15) is 14.4 Å². The minimum atomic E-state index is -0.423. The van der Waals surface area contributed by atoms with Gasteiger partial charge >= 0.3 is 0 Å². The van der Waals surface area contributed by atoms with E-state index in [-0.39, 0.29) is 37.0 Å². The zero-order valence-electron chi connectivity index (χ0n) is 15.5. The molecule has 26 heavy (non-hydrogen) atoms. The van der Waals surface area contributed by atoms with Gasteiger partial charge in [0.2, 0.25) is 11.8 Å². The second-order valence-corrected chi connectivity index (χ2v) is 7.62. The third kappa shape index (κ3) is 12.9. The summed E-state index contributed by atoms with van der Waals surface area (Å²) >= 11 is 12.8. The van der Waals surface area contributed by atoms with Gasteiger partial charge in [-0.25, -0.2) is 0 Å². The number of Topliss-reactive ketones (excluding diaryl/α,β-unsaturated/α-hetero) is 1. The smallest absolute Gasteiger partial charge is 0.246 e. The monoisotopic (exact) mass is 424 g/mol. The molecule has 0 unspecified atom stereocenters. The highest BCUT2D eigenvalue weighted by atomic mass is 32.1. The van der Waals surface area contributed by atoms with Crippen molar-refractivity contribution in [1.82, 2.24) is 10.6 Å². The highest BCUT2D eigenvalue weighted by Crippen LogP contribution is 2.26. The third-order valence-corrected chi connectivity index (χ3v) is 4.78. The lowest BCUT2D eigenvalue weighted by Gasteiger charge is -2.35. The SMILES string of the molecule is CC(=O)COCC(=O)NCC(=O)NC(CCCS)(CCCS)CCCS. The lowest BCUT2D eigenvalue weighted by atomic mass is 9.84. The number of carbonyl (C=O) groups is 3. The molecule has 0 aliphatic rings. The van der Waals surface area contributed by atoms with Crippen molar-refractivity contribution in [3.05, 3.63) is 0 Å². The highest BCUT2D eigenvalue weighted by molar-refractivity contribution is 7.80. The normalized spacial score (nSPS) is 11.2. The fourth-order valence-corrected chi connectivity index (χ4v) is 3.15. The van der Waals surface area contributed by atoms with Gasteiger partial charge < -0.3 is 15.4 Å². The minimum Gasteiger partial charge on any atom is -0.364 e. The molecule has 0 aromatic heterocycles. The number of thiol groups is 3. The van der Waals surface area contributed by atoms with E-state index >= 15 is 0 Å². The average molecular weight is 425 g/mol. The molecule has 0 saturated heterocycles. The largest absolute Gasteiger partial charge is 0.364 e. The molecule has 152 valence electrons. The van der Waals surface area contributed by atoms with Crippen molar-refractivity contribution in [1.29, 1.82) is 0 Å². The van der Waals surface area contributed by atoms with Crippen LogP contribution in [-0.2, 0) is 19.1 Å². The molecule has 0 heterocycles. The summed E-state index contributed by atoms with van der Waals surface area (Å²) in [6, 6.07) is 0. The second kappa shape index (κ2) is 15.7. The number of amides is 2. The maximum atomic E-state index is 12.4. The number of carbonyl (C=O) groups excluding carboxylic acids is 3. The summed E-state index contributed by atoms with van der Waals surface area (Å²) in [5.41, 5.74) is -0.318. The maximum Gasteiger partial charge on any atom is 0.246 e. The fourth-order valence-electron chi connectivity index (χ4n) is 2.67. The summed E-state index contributed by atoms with van der Waals surface area (Å²) < 4.78 is 4.93. The molecule has 0 aliphatic heterocycles. The zero-order valence-corrected chi connectivity index (χ0v) is 18.1. The molecule has 0 aliphatic carbocycles. The highest BCUT2D eigenvalue weighted by Gasteiger charge is 2.30. The third-order valence-electron chi connectivity index (χ3n) is 3.83. The number of rotatable bonds is 16. The molecule has 0 spiro atoms. The Balaban J connectivity index is 4.61. The van der Waals surface area contributed by atoms with Crippen LogP contribution in [0.1, 0.15) is 45.4 Å². The topological polar surface area (TPSA) is 84.5 Å². The van der Waals surface area contributed by atoms with E-state index in [0.29, 0.717) is 0 Å². The van der Waals surface area contributed by atoms with Crippen molar-refractivity contribution in [3.8, 4) is 0 Å². The van der Waals surface area contributed by atoms with Gasteiger partial charge in [-0.2, -0.15) is 37.9 Å². The van der Waals surface area contributed by atoms with Crippen LogP contribution in [0.5, 0.6) is 0 Å². The predicted molar refractivity (Wildman–Crippen MR) is 115 cm³/mol. The van der Waals surface area contributed by atoms with Crippen LogP contribution in [0.15, 0.2) is 0 Å². The zero-order chi connectivity index (χ0) is 19.8. The van der Waals surface area contributed by atoms with Crippen LogP contribution in [0.25, 0.3) is 0 Å². The summed E-state index contributed by atoms with van der Waals surface area (Å²) in [5.74, 6) is 1.45. The van der Waals surface area contributed by atoms with Crippen LogP contribution >= 0.6 is 37.9 Å². The Hall–Kier alpha value is -0.380. The Labute approximate surface area is 173 Å². The fraction of sp³-hybridized carbons (Fsp3) is 0.824. The van der Waals surface area contributed by atoms with Crippen LogP contribution in [-0.4, -0.2) is 60.2 Å². The molecule has 0 aromatic carbocycles. The van der Waals surface area contributed by atoms with Gasteiger partial charge in [0, 0.05) is 5.54 Å². The van der Waals surface area contributed by atoms with Crippen LogP contribution in [0.4, 0.5) is 0 Å². The quantitative estimate of drug-likeness (QED) is 0.244. The lowest BCUT2D eigenvalue weighted by molar-refractivity contribution is -0.131. The number of ketones is 1. The van der Waals surface area contributed by atoms with Crippen molar-refractivity contribution < 1.29 is 19.1 Å². The molecular formula is C17H32N2O4S3. The number of nitrogens with one attached hydrogen (secondary N) is 2.